The molecule has 1 aromatic rings. The summed E-state index contributed by atoms with van der Waals surface area (Å²) in [5, 5.41) is 2.23. The van der Waals surface area contributed by atoms with E-state index in [4.69, 9.17) is 18.5 Å². The molecule has 3 N–H and O–H groups in total. The SMILES string of the molecule is CCCCCCCCCCCCCCc1ccccc1OCC(COP(O)OCCCC[NH2+]CC)OC(C)=O. The summed E-state index contributed by atoms with van der Waals surface area (Å²) < 4.78 is 22.2. The molecule has 0 bridgehead atoms. The minimum absolute atomic E-state index is 0.0201. The van der Waals surface area contributed by atoms with Gasteiger partial charge < -0.3 is 28.7 Å². The Balaban J connectivity index is 2.29. The Bertz CT molecular complexity index is 707. The van der Waals surface area contributed by atoms with E-state index in [1.54, 1.807) is 0 Å². The fraction of sp³-hybridized carbons (Fsp3) is 0.774. The minimum Gasteiger partial charge on any atom is -0.489 e. The second kappa shape index (κ2) is 25.7. The van der Waals surface area contributed by atoms with E-state index in [0.717, 1.165) is 44.5 Å². The van der Waals surface area contributed by atoms with Crippen LogP contribution in [0.2, 0.25) is 0 Å². The van der Waals surface area contributed by atoms with Crippen molar-refractivity contribution in [3.63, 3.8) is 0 Å². The first-order valence-electron chi connectivity index (χ1n) is 15.5. The third-order valence-electron chi connectivity index (χ3n) is 6.69. The molecule has 0 saturated carbocycles. The van der Waals surface area contributed by atoms with Gasteiger partial charge in [0, 0.05) is 6.92 Å². The number of rotatable bonds is 27. The largest absolute Gasteiger partial charge is 0.489 e. The molecule has 7 nitrogen and oxygen atoms in total. The number of carbonyl (C=O) groups is 1. The van der Waals surface area contributed by atoms with Crippen LogP contribution in [0.15, 0.2) is 24.3 Å². The Kier molecular flexibility index (Phi) is 23.6. The van der Waals surface area contributed by atoms with Crippen LogP contribution in [-0.2, 0) is 25.0 Å². The maximum absolute atomic E-state index is 11.6. The predicted octanol–water partition coefficient (Wildman–Crippen LogP) is 6.86. The normalized spacial score (nSPS) is 12.8. The summed E-state index contributed by atoms with van der Waals surface area (Å²) in [6.45, 7) is 8.50. The van der Waals surface area contributed by atoms with Gasteiger partial charge >= 0.3 is 14.6 Å². The van der Waals surface area contributed by atoms with E-state index in [-0.39, 0.29) is 13.2 Å². The van der Waals surface area contributed by atoms with Gasteiger partial charge in [-0.05, 0) is 44.2 Å². The summed E-state index contributed by atoms with van der Waals surface area (Å²) >= 11 is 0. The van der Waals surface area contributed by atoms with Crippen molar-refractivity contribution in [2.24, 2.45) is 0 Å². The summed E-state index contributed by atoms with van der Waals surface area (Å²) in [5.41, 5.74) is 1.17. The van der Waals surface area contributed by atoms with Crippen molar-refractivity contribution >= 4 is 14.6 Å². The van der Waals surface area contributed by atoms with Crippen molar-refractivity contribution in [1.29, 1.82) is 0 Å². The number of benzene rings is 1. The molecule has 0 amide bonds. The van der Waals surface area contributed by atoms with Crippen LogP contribution in [0.1, 0.15) is 116 Å². The van der Waals surface area contributed by atoms with Crippen molar-refractivity contribution in [2.45, 2.75) is 123 Å². The fourth-order valence-corrected chi connectivity index (χ4v) is 5.12. The molecule has 0 aliphatic carbocycles. The molecule has 226 valence electrons. The summed E-state index contributed by atoms with van der Waals surface area (Å²) in [6.07, 6.45) is 18.2. The van der Waals surface area contributed by atoms with Crippen molar-refractivity contribution in [1.82, 2.24) is 0 Å². The lowest BCUT2D eigenvalue weighted by atomic mass is 10.0. The summed E-state index contributed by atoms with van der Waals surface area (Å²) in [5.74, 6) is 0.400. The maximum atomic E-state index is 11.6. The fourth-order valence-electron chi connectivity index (χ4n) is 4.46. The minimum atomic E-state index is -2.01. The average molecular weight is 571 g/mol. The van der Waals surface area contributed by atoms with Crippen LogP contribution in [0.5, 0.6) is 5.75 Å². The van der Waals surface area contributed by atoms with Crippen molar-refractivity contribution in [3.8, 4) is 5.75 Å². The topological polar surface area (TPSA) is 90.8 Å². The molecule has 0 aliphatic rings. The van der Waals surface area contributed by atoms with Crippen LogP contribution in [0.4, 0.5) is 0 Å². The van der Waals surface area contributed by atoms with Crippen LogP contribution < -0.4 is 10.1 Å². The van der Waals surface area contributed by atoms with Crippen molar-refractivity contribution < 1.29 is 33.5 Å². The van der Waals surface area contributed by atoms with Crippen LogP contribution in [-0.4, -0.2) is 49.9 Å². The average Bonchev–Trinajstić information content (AvgIpc) is 2.93. The third-order valence-corrected chi connectivity index (χ3v) is 7.47. The Morgan fingerprint density at radius 3 is 2.13 bits per heavy atom. The molecule has 1 rings (SSSR count). The van der Waals surface area contributed by atoms with Gasteiger partial charge in [0.25, 0.3) is 0 Å². The van der Waals surface area contributed by atoms with Crippen molar-refractivity contribution in [3.05, 3.63) is 29.8 Å². The van der Waals surface area contributed by atoms with E-state index in [9.17, 15) is 9.69 Å². The molecule has 0 heterocycles. The lowest BCUT2D eigenvalue weighted by molar-refractivity contribution is -0.652. The van der Waals surface area contributed by atoms with E-state index >= 15 is 0 Å². The van der Waals surface area contributed by atoms with Gasteiger partial charge in [-0.25, -0.2) is 0 Å². The van der Waals surface area contributed by atoms with Gasteiger partial charge in [0.2, 0.25) is 0 Å². The molecular formula is C31H57NO6P+. The number of unbranched alkanes of at least 4 members (excludes halogenated alkanes) is 12. The Labute approximate surface area is 239 Å². The number of carbonyl (C=O) groups excluding carboxylic acids is 1. The quantitative estimate of drug-likeness (QED) is 0.0683. The predicted molar refractivity (Wildman–Crippen MR) is 160 cm³/mol. The van der Waals surface area contributed by atoms with E-state index < -0.39 is 20.7 Å². The number of hydrogen-bond acceptors (Lipinski definition) is 6. The Hall–Kier alpha value is -1.24. The monoisotopic (exact) mass is 570 g/mol. The smallest absolute Gasteiger partial charge is 0.329 e. The van der Waals surface area contributed by atoms with Gasteiger partial charge in [0.1, 0.15) is 12.4 Å². The van der Waals surface area contributed by atoms with Crippen LogP contribution in [0.25, 0.3) is 0 Å². The zero-order valence-electron chi connectivity index (χ0n) is 25.0. The number of hydrogen-bond donors (Lipinski definition) is 2. The zero-order valence-corrected chi connectivity index (χ0v) is 25.9. The molecule has 1 aromatic carbocycles. The number of quaternary nitrogens is 1. The molecule has 0 aliphatic heterocycles. The number of nitrogens with two attached hydrogens (primary N) is 1. The summed E-state index contributed by atoms with van der Waals surface area (Å²) in [6, 6.07) is 8.05. The molecule has 0 aromatic heterocycles. The Morgan fingerprint density at radius 1 is 0.846 bits per heavy atom. The molecule has 0 saturated heterocycles. The van der Waals surface area contributed by atoms with Gasteiger partial charge in [0.05, 0.1) is 26.3 Å². The van der Waals surface area contributed by atoms with E-state index in [1.165, 1.54) is 83.1 Å². The molecular weight excluding hydrogens is 513 g/mol. The van der Waals surface area contributed by atoms with Crippen LogP contribution in [0, 0.1) is 0 Å². The lowest BCUT2D eigenvalue weighted by Crippen LogP contribution is -2.83. The maximum Gasteiger partial charge on any atom is 0.329 e. The summed E-state index contributed by atoms with van der Waals surface area (Å²) in [4.78, 5) is 21.6. The second-order valence-electron chi connectivity index (χ2n) is 10.3. The molecule has 0 fully saturated rings. The number of esters is 1. The van der Waals surface area contributed by atoms with Gasteiger partial charge in [-0.1, -0.05) is 95.8 Å². The van der Waals surface area contributed by atoms with E-state index in [2.05, 4.69) is 25.2 Å². The number of ether oxygens (including phenoxy) is 2. The Morgan fingerprint density at radius 2 is 1.49 bits per heavy atom. The standard InChI is InChI=1S/C31H56NO6P/c1-4-6-7-8-9-10-11-12-13-14-15-16-21-29-22-17-18-23-31(29)35-26-30(38-28(3)33)27-37-39(34)36-25-20-19-24-32-5-2/h17-18,22-23,30,32,34H,4-16,19-21,24-27H2,1-3H3/p+1. The van der Waals surface area contributed by atoms with Crippen LogP contribution in [0.3, 0.4) is 0 Å². The number of para-hydroxylation sites is 1. The molecule has 39 heavy (non-hydrogen) atoms. The third kappa shape index (κ3) is 21.2. The molecule has 8 heteroatoms. The molecule has 0 radical (unpaired) electrons. The van der Waals surface area contributed by atoms with Gasteiger partial charge in [0.15, 0.2) is 6.10 Å². The van der Waals surface area contributed by atoms with Crippen molar-refractivity contribution in [2.75, 3.05) is 32.9 Å². The highest BCUT2D eigenvalue weighted by Crippen LogP contribution is 2.33. The zero-order chi connectivity index (χ0) is 28.4. The van der Waals surface area contributed by atoms with Gasteiger partial charge in [-0.2, -0.15) is 0 Å². The second-order valence-corrected chi connectivity index (χ2v) is 11.3. The van der Waals surface area contributed by atoms with Gasteiger partial charge in [-0.3, -0.25) is 4.79 Å². The van der Waals surface area contributed by atoms with E-state index in [0.29, 0.717) is 6.61 Å². The summed E-state index contributed by atoms with van der Waals surface area (Å²) in [7, 11) is -2.01. The highest BCUT2D eigenvalue weighted by molar-refractivity contribution is 7.40. The van der Waals surface area contributed by atoms with Gasteiger partial charge in [-0.15, -0.1) is 0 Å². The first-order valence-corrected chi connectivity index (χ1v) is 16.6. The lowest BCUT2D eigenvalue weighted by Gasteiger charge is -2.20. The van der Waals surface area contributed by atoms with Crippen LogP contribution >= 0.6 is 8.60 Å². The molecule has 0 spiro atoms. The first-order chi connectivity index (χ1) is 19.1. The van der Waals surface area contributed by atoms with E-state index in [1.807, 2.05) is 18.2 Å². The highest BCUT2D eigenvalue weighted by atomic mass is 31.2. The molecule has 2 atom stereocenters. The highest BCUT2D eigenvalue weighted by Gasteiger charge is 2.18. The number of aryl methyl sites for hydroxylation is 1. The molecule has 2 unspecified atom stereocenters. The first kappa shape index (κ1) is 35.8.